The van der Waals surface area contributed by atoms with E-state index in [0.717, 1.165) is 0 Å². The fraction of sp³-hybridized carbons (Fsp3) is 0.600. The lowest BCUT2D eigenvalue weighted by atomic mass is 10.4. The van der Waals surface area contributed by atoms with Gasteiger partial charge in [0.15, 0.2) is 0 Å². The molecule has 0 aliphatic carbocycles. The zero-order valence-electron chi connectivity index (χ0n) is 4.90. The van der Waals surface area contributed by atoms with Crippen LogP contribution in [-0.2, 0) is 0 Å². The number of hydrogen-bond donors (Lipinski definition) is 0. The smallest absolute Gasteiger partial charge is 0.0106 e. The molecule has 1 atom stereocenters. The van der Waals surface area contributed by atoms with Crippen LogP contribution in [0.15, 0.2) is 11.4 Å². The molecule has 2 heteroatoms. The van der Waals surface area contributed by atoms with Gasteiger partial charge in [-0.05, 0) is 26.3 Å². The zero-order valence-corrected chi connectivity index (χ0v) is 6.55. The monoisotopic (exact) mass is 136 g/mol. The molecule has 0 amide bonds. The summed E-state index contributed by atoms with van der Waals surface area (Å²) >= 11 is 5.66. The van der Waals surface area contributed by atoms with Crippen molar-refractivity contribution in [2.24, 2.45) is 0 Å². The van der Waals surface area contributed by atoms with Crippen LogP contribution in [0.25, 0.3) is 0 Å². The summed E-state index contributed by atoms with van der Waals surface area (Å²) in [6.45, 7) is 6.13. The van der Waals surface area contributed by atoms with Crippen LogP contribution in [0.3, 0.4) is 0 Å². The summed E-state index contributed by atoms with van der Waals surface area (Å²) in [5, 5.41) is 0. The van der Waals surface area contributed by atoms with Gasteiger partial charge in [0.05, 0.1) is 0 Å². The Bertz CT molecular complexity index is 72.1. The molecule has 0 saturated carbocycles. The molecule has 0 rings (SSSR count). The lowest BCUT2D eigenvalue weighted by Crippen LogP contribution is -1.56. The van der Waals surface area contributed by atoms with Crippen molar-refractivity contribution in [3.63, 3.8) is 0 Å². The maximum Gasteiger partial charge on any atom is 0.0106 e. The van der Waals surface area contributed by atoms with Crippen molar-refractivity contribution >= 4 is 18.5 Å². The van der Waals surface area contributed by atoms with Crippen LogP contribution < -0.4 is 0 Å². The molecule has 0 aliphatic heterocycles. The van der Waals surface area contributed by atoms with Crippen LogP contribution in [0.2, 0.25) is 0 Å². The SMILES string of the molecule is CC(C)=CP(C)Cl. The topological polar surface area (TPSA) is 0 Å². The molecular formula is C5H10ClP. The van der Waals surface area contributed by atoms with Crippen molar-refractivity contribution in [3.8, 4) is 0 Å². The third-order valence-corrected chi connectivity index (χ3v) is 1.60. The van der Waals surface area contributed by atoms with Crippen LogP contribution in [0.5, 0.6) is 0 Å². The van der Waals surface area contributed by atoms with Gasteiger partial charge in [0.1, 0.15) is 0 Å². The minimum absolute atomic E-state index is 0.330. The van der Waals surface area contributed by atoms with E-state index in [0.29, 0.717) is 0 Å². The lowest BCUT2D eigenvalue weighted by Gasteiger charge is -1.91. The van der Waals surface area contributed by atoms with Gasteiger partial charge < -0.3 is 0 Å². The first-order valence-electron chi connectivity index (χ1n) is 2.16. The van der Waals surface area contributed by atoms with Gasteiger partial charge in [0.25, 0.3) is 0 Å². The Labute approximate surface area is 51.1 Å². The maximum absolute atomic E-state index is 5.66. The van der Waals surface area contributed by atoms with Gasteiger partial charge in [-0.25, -0.2) is 0 Å². The summed E-state index contributed by atoms with van der Waals surface area (Å²) < 4.78 is 0. The highest BCUT2D eigenvalue weighted by Gasteiger charge is 1.84. The lowest BCUT2D eigenvalue weighted by molar-refractivity contribution is 1.41. The Balaban J connectivity index is 3.45. The molecule has 0 aromatic carbocycles. The predicted molar refractivity (Wildman–Crippen MR) is 38.1 cm³/mol. The van der Waals surface area contributed by atoms with Crippen LogP contribution >= 0.6 is 18.5 Å². The largest absolute Gasteiger partial charge is 0.0921 e. The van der Waals surface area contributed by atoms with Gasteiger partial charge in [-0.1, -0.05) is 16.8 Å². The summed E-state index contributed by atoms with van der Waals surface area (Å²) in [5.41, 5.74) is 1.31. The Morgan fingerprint density at radius 1 is 1.57 bits per heavy atom. The molecule has 0 aromatic rings. The third kappa shape index (κ3) is 6.46. The first kappa shape index (κ1) is 7.46. The molecular weight excluding hydrogens is 126 g/mol. The van der Waals surface area contributed by atoms with E-state index in [1.54, 1.807) is 0 Å². The molecule has 0 N–H and O–H groups in total. The van der Waals surface area contributed by atoms with E-state index in [-0.39, 0.29) is 7.27 Å². The van der Waals surface area contributed by atoms with Gasteiger partial charge in [0.2, 0.25) is 0 Å². The molecule has 0 fully saturated rings. The second-order valence-corrected chi connectivity index (χ2v) is 4.64. The van der Waals surface area contributed by atoms with Crippen molar-refractivity contribution < 1.29 is 0 Å². The molecule has 42 valence electrons. The maximum atomic E-state index is 5.66. The highest BCUT2D eigenvalue weighted by atomic mass is 35.7. The summed E-state index contributed by atoms with van der Waals surface area (Å²) in [6.07, 6.45) is 0. The highest BCUT2D eigenvalue weighted by molar-refractivity contribution is 7.85. The molecule has 0 spiro atoms. The summed E-state index contributed by atoms with van der Waals surface area (Å²) in [4.78, 5) is 0. The standard InChI is InChI=1S/C5H10ClP/c1-5(2)4-7(3)6/h4H,1-3H3. The Kier molecular flexibility index (Phi) is 3.69. The van der Waals surface area contributed by atoms with Gasteiger partial charge in [0, 0.05) is 7.27 Å². The summed E-state index contributed by atoms with van der Waals surface area (Å²) in [5.74, 6) is 2.08. The van der Waals surface area contributed by atoms with Crippen LogP contribution in [0, 0.1) is 0 Å². The average Bonchev–Trinajstić information content (AvgIpc) is 1.27. The average molecular weight is 137 g/mol. The van der Waals surface area contributed by atoms with Crippen molar-refractivity contribution in [1.82, 2.24) is 0 Å². The molecule has 1 unspecified atom stereocenters. The molecule has 0 radical (unpaired) electrons. The van der Waals surface area contributed by atoms with E-state index < -0.39 is 0 Å². The van der Waals surface area contributed by atoms with E-state index in [9.17, 15) is 0 Å². The van der Waals surface area contributed by atoms with Crippen molar-refractivity contribution in [2.75, 3.05) is 6.66 Å². The van der Waals surface area contributed by atoms with Crippen LogP contribution in [0.4, 0.5) is 0 Å². The van der Waals surface area contributed by atoms with E-state index in [1.807, 2.05) is 6.66 Å². The van der Waals surface area contributed by atoms with Gasteiger partial charge in [-0.3, -0.25) is 0 Å². The molecule has 0 aromatic heterocycles. The van der Waals surface area contributed by atoms with E-state index in [1.165, 1.54) is 5.57 Å². The molecule has 0 bridgehead atoms. The first-order valence-corrected chi connectivity index (χ1v) is 4.93. The number of hydrogen-bond acceptors (Lipinski definition) is 0. The van der Waals surface area contributed by atoms with E-state index in [4.69, 9.17) is 11.2 Å². The quantitative estimate of drug-likeness (QED) is 0.486. The van der Waals surface area contributed by atoms with Crippen LogP contribution in [0.1, 0.15) is 13.8 Å². The van der Waals surface area contributed by atoms with Gasteiger partial charge in [-0.15, -0.1) is 0 Å². The molecule has 0 saturated heterocycles. The van der Waals surface area contributed by atoms with Crippen molar-refractivity contribution in [2.45, 2.75) is 13.8 Å². The fourth-order valence-corrected chi connectivity index (χ4v) is 1.65. The zero-order chi connectivity index (χ0) is 5.86. The fourth-order valence-electron chi connectivity index (χ4n) is 0.356. The predicted octanol–water partition coefficient (Wildman–Crippen LogP) is 3.18. The molecule has 0 nitrogen and oxygen atoms in total. The van der Waals surface area contributed by atoms with E-state index >= 15 is 0 Å². The minimum Gasteiger partial charge on any atom is -0.0921 e. The highest BCUT2D eigenvalue weighted by Crippen LogP contribution is 2.38. The number of rotatable bonds is 1. The van der Waals surface area contributed by atoms with Crippen molar-refractivity contribution in [3.05, 3.63) is 11.4 Å². The molecule has 7 heavy (non-hydrogen) atoms. The second kappa shape index (κ2) is 3.46. The number of halogens is 1. The Hall–Kier alpha value is 0.460. The molecule has 0 heterocycles. The second-order valence-electron chi connectivity index (χ2n) is 1.73. The van der Waals surface area contributed by atoms with Crippen LogP contribution in [-0.4, -0.2) is 6.66 Å². The third-order valence-electron chi connectivity index (χ3n) is 0.436. The minimum atomic E-state index is -0.330. The molecule has 0 aliphatic rings. The Morgan fingerprint density at radius 3 is 2.00 bits per heavy atom. The summed E-state index contributed by atoms with van der Waals surface area (Å²) in [6, 6.07) is 0. The normalized spacial score (nSPS) is 13.1. The Morgan fingerprint density at radius 2 is 2.00 bits per heavy atom. The van der Waals surface area contributed by atoms with E-state index in [2.05, 4.69) is 19.7 Å². The first-order chi connectivity index (χ1) is 3.13. The number of allylic oxidation sites excluding steroid dienone is 1. The van der Waals surface area contributed by atoms with Gasteiger partial charge in [-0.2, -0.15) is 0 Å². The summed E-state index contributed by atoms with van der Waals surface area (Å²) in [7, 11) is -0.330. The van der Waals surface area contributed by atoms with Crippen molar-refractivity contribution in [1.29, 1.82) is 0 Å². The van der Waals surface area contributed by atoms with Gasteiger partial charge >= 0.3 is 0 Å².